The molecule has 0 unspecified atom stereocenters. The minimum atomic E-state index is -6.00. The van der Waals surface area contributed by atoms with Crippen molar-refractivity contribution in [1.82, 2.24) is 10.6 Å². The molecular formula is C19H10F6N2O4. The molecule has 0 aromatic heterocycles. The first-order valence-electron chi connectivity index (χ1n) is 8.34. The van der Waals surface area contributed by atoms with Crippen LogP contribution in [0, 0.1) is 0 Å². The molecule has 0 radical (unpaired) electrons. The molecule has 0 spiro atoms. The number of allylic oxidation sites excluding steroid dienone is 4. The van der Waals surface area contributed by atoms with Crippen LogP contribution < -0.4 is 10.6 Å². The Morgan fingerprint density at radius 2 is 1.26 bits per heavy atom. The second kappa shape index (κ2) is 7.22. The van der Waals surface area contributed by atoms with Crippen molar-refractivity contribution >= 4 is 23.6 Å². The van der Waals surface area contributed by atoms with E-state index in [1.165, 1.54) is 0 Å². The molecule has 1 aromatic rings. The number of alkyl halides is 6. The lowest BCUT2D eigenvalue weighted by atomic mass is 9.71. The Hall–Kier alpha value is -3.70. The van der Waals surface area contributed by atoms with Crippen molar-refractivity contribution < 1.29 is 45.5 Å². The highest BCUT2D eigenvalue weighted by Gasteiger charge is 2.73. The molecule has 31 heavy (non-hydrogen) atoms. The Labute approximate surface area is 169 Å². The molecule has 4 amide bonds. The van der Waals surface area contributed by atoms with Gasteiger partial charge in [-0.2, -0.15) is 26.3 Å². The van der Waals surface area contributed by atoms with E-state index in [2.05, 4.69) is 0 Å². The average molecular weight is 444 g/mol. The molecule has 0 bridgehead atoms. The molecule has 2 N–H and O–H groups in total. The van der Waals surface area contributed by atoms with E-state index in [4.69, 9.17) is 0 Å². The van der Waals surface area contributed by atoms with E-state index in [1.54, 1.807) is 10.6 Å². The van der Waals surface area contributed by atoms with E-state index in [0.717, 1.165) is 0 Å². The van der Waals surface area contributed by atoms with E-state index in [-0.39, 0.29) is 11.6 Å². The van der Waals surface area contributed by atoms with Crippen LogP contribution in [0.1, 0.15) is 26.3 Å². The molecule has 162 valence electrons. The fraction of sp³-hybridized carbons (Fsp3) is 0.158. The Morgan fingerprint density at radius 1 is 0.677 bits per heavy atom. The Balaban J connectivity index is 2.38. The maximum Gasteiger partial charge on any atom is 0.411 e. The van der Waals surface area contributed by atoms with E-state index >= 15 is 0 Å². The molecule has 0 aliphatic carbocycles. The smallest absolute Gasteiger partial charge is 0.289 e. The number of carbonyl (C=O) groups is 4. The monoisotopic (exact) mass is 444 g/mol. The number of rotatable bonds is 2. The number of hydrogen-bond acceptors (Lipinski definition) is 4. The number of amides is 4. The van der Waals surface area contributed by atoms with Gasteiger partial charge in [-0.05, 0) is 23.3 Å². The summed E-state index contributed by atoms with van der Waals surface area (Å²) in [6.45, 7) is 0. The summed E-state index contributed by atoms with van der Waals surface area (Å²) in [5.41, 5.74) is -8.55. The standard InChI is InChI=1S/C19H10F6N2O4/c20-18(21,22)17(19(23,24)25,9-2-1-3-13(28)26-14(29)7-5-9)10-4-6-11-12(8-10)16(31)27-15(11)30/h1-8H,(H,26,28,29)(H,27,30,31)/b3-1+,7-5-,9-2+. The van der Waals surface area contributed by atoms with Gasteiger partial charge in [-0.15, -0.1) is 0 Å². The number of fused-ring (bicyclic) bond motifs is 1. The number of carbonyl (C=O) groups excluding carboxylic acids is 4. The van der Waals surface area contributed by atoms with Crippen LogP contribution in [-0.2, 0) is 15.0 Å². The SMILES string of the molecule is O=C1\C=C/C(C(c2ccc3c(c2)C(=O)NC3=O)(C(F)(F)F)C(F)(F)F)=C\C=C\C(=O)N1. The fourth-order valence-corrected chi connectivity index (χ4v) is 3.30. The van der Waals surface area contributed by atoms with Gasteiger partial charge in [0.15, 0.2) is 0 Å². The predicted molar refractivity (Wildman–Crippen MR) is 91.5 cm³/mol. The van der Waals surface area contributed by atoms with Crippen LogP contribution in [0.25, 0.3) is 0 Å². The summed E-state index contributed by atoms with van der Waals surface area (Å²) in [6.07, 6.45) is -9.76. The maximum absolute atomic E-state index is 14.2. The van der Waals surface area contributed by atoms with Gasteiger partial charge in [-0.25, -0.2) is 0 Å². The minimum absolute atomic E-state index is 0.289. The summed E-state index contributed by atoms with van der Waals surface area (Å²) < 4.78 is 85.3. The third-order valence-electron chi connectivity index (χ3n) is 4.64. The molecule has 0 fully saturated rings. The fourth-order valence-electron chi connectivity index (χ4n) is 3.30. The molecule has 3 rings (SSSR count). The van der Waals surface area contributed by atoms with Crippen molar-refractivity contribution in [3.8, 4) is 0 Å². The summed E-state index contributed by atoms with van der Waals surface area (Å²) in [6, 6.07) is 1.46. The molecule has 12 heteroatoms. The van der Waals surface area contributed by atoms with Gasteiger partial charge in [0.2, 0.25) is 5.41 Å². The molecule has 6 nitrogen and oxygen atoms in total. The number of hydrogen-bond donors (Lipinski definition) is 2. The van der Waals surface area contributed by atoms with E-state index in [9.17, 15) is 45.5 Å². The van der Waals surface area contributed by atoms with Crippen molar-refractivity contribution in [2.45, 2.75) is 17.8 Å². The lowest BCUT2D eigenvalue weighted by Gasteiger charge is -2.39. The van der Waals surface area contributed by atoms with E-state index in [1.807, 2.05) is 0 Å². The van der Waals surface area contributed by atoms with Crippen LogP contribution in [-0.4, -0.2) is 36.0 Å². The lowest BCUT2D eigenvalue weighted by molar-refractivity contribution is -0.288. The largest absolute Gasteiger partial charge is 0.411 e. The molecule has 0 saturated carbocycles. The second-order valence-corrected chi connectivity index (χ2v) is 6.46. The zero-order chi connectivity index (χ0) is 23.2. The van der Waals surface area contributed by atoms with Gasteiger partial charge in [0.25, 0.3) is 23.6 Å². The van der Waals surface area contributed by atoms with Gasteiger partial charge in [0.1, 0.15) is 0 Å². The van der Waals surface area contributed by atoms with Gasteiger partial charge in [0.05, 0.1) is 11.1 Å². The first kappa shape index (κ1) is 22.0. The first-order chi connectivity index (χ1) is 14.3. The van der Waals surface area contributed by atoms with E-state index < -0.39 is 58.1 Å². The molecule has 2 heterocycles. The topological polar surface area (TPSA) is 92.3 Å². The normalized spacial score (nSPS) is 21.2. The van der Waals surface area contributed by atoms with Crippen LogP contribution in [0.5, 0.6) is 0 Å². The second-order valence-electron chi connectivity index (χ2n) is 6.46. The number of imide groups is 2. The van der Waals surface area contributed by atoms with Gasteiger partial charge < -0.3 is 0 Å². The van der Waals surface area contributed by atoms with Crippen molar-refractivity contribution in [2.75, 3.05) is 0 Å². The third kappa shape index (κ3) is 3.53. The minimum Gasteiger partial charge on any atom is -0.289 e. The van der Waals surface area contributed by atoms with Crippen LogP contribution in [0.3, 0.4) is 0 Å². The summed E-state index contributed by atoms with van der Waals surface area (Å²) in [5.74, 6) is -4.40. The van der Waals surface area contributed by atoms with Crippen molar-refractivity contribution in [3.05, 3.63) is 70.8 Å². The third-order valence-corrected chi connectivity index (χ3v) is 4.64. The highest BCUT2D eigenvalue weighted by atomic mass is 19.4. The molecule has 2 aliphatic heterocycles. The summed E-state index contributed by atoms with van der Waals surface area (Å²) >= 11 is 0. The van der Waals surface area contributed by atoms with Gasteiger partial charge in [-0.1, -0.05) is 24.3 Å². The molecule has 0 saturated heterocycles. The average Bonchev–Trinajstić information content (AvgIpc) is 2.94. The highest BCUT2D eigenvalue weighted by Crippen LogP contribution is 2.57. The van der Waals surface area contributed by atoms with Gasteiger partial charge in [-0.3, -0.25) is 29.8 Å². The summed E-state index contributed by atoms with van der Waals surface area (Å²) in [4.78, 5) is 46.5. The Morgan fingerprint density at radius 3 is 1.87 bits per heavy atom. The van der Waals surface area contributed by atoms with Gasteiger partial charge in [0, 0.05) is 12.2 Å². The number of halogens is 6. The lowest BCUT2D eigenvalue weighted by Crippen LogP contribution is -2.55. The molecule has 0 atom stereocenters. The van der Waals surface area contributed by atoms with Crippen molar-refractivity contribution in [3.63, 3.8) is 0 Å². The number of nitrogens with one attached hydrogen (secondary N) is 2. The van der Waals surface area contributed by atoms with Crippen molar-refractivity contribution in [1.29, 1.82) is 0 Å². The Bertz CT molecular complexity index is 1080. The van der Waals surface area contributed by atoms with Crippen LogP contribution in [0.4, 0.5) is 26.3 Å². The molecule has 1 aromatic carbocycles. The van der Waals surface area contributed by atoms with Crippen LogP contribution in [0.15, 0.2) is 54.2 Å². The van der Waals surface area contributed by atoms with E-state index in [0.29, 0.717) is 42.5 Å². The molecule has 2 aliphatic rings. The maximum atomic E-state index is 14.2. The van der Waals surface area contributed by atoms with Crippen LogP contribution in [0.2, 0.25) is 0 Å². The van der Waals surface area contributed by atoms with Gasteiger partial charge >= 0.3 is 12.4 Å². The summed E-state index contributed by atoms with van der Waals surface area (Å²) in [5, 5.41) is 3.50. The first-order valence-corrected chi connectivity index (χ1v) is 8.34. The van der Waals surface area contributed by atoms with Crippen molar-refractivity contribution in [2.24, 2.45) is 0 Å². The summed E-state index contributed by atoms with van der Waals surface area (Å²) in [7, 11) is 0. The zero-order valence-electron chi connectivity index (χ0n) is 15.0. The predicted octanol–water partition coefficient (Wildman–Crippen LogP) is 2.63. The zero-order valence-corrected chi connectivity index (χ0v) is 15.0. The quantitative estimate of drug-likeness (QED) is 0.542. The molecular weight excluding hydrogens is 434 g/mol. The highest BCUT2D eigenvalue weighted by molar-refractivity contribution is 6.21. The number of benzene rings is 1. The Kier molecular flexibility index (Phi) is 5.12. The van der Waals surface area contributed by atoms with Crippen LogP contribution >= 0.6 is 0 Å².